The van der Waals surface area contributed by atoms with Crippen molar-refractivity contribution in [2.75, 3.05) is 18.0 Å². The first-order valence-corrected chi connectivity index (χ1v) is 9.30. The summed E-state index contributed by atoms with van der Waals surface area (Å²) >= 11 is 0. The lowest BCUT2D eigenvalue weighted by atomic mass is 10.3. The molecule has 3 rings (SSSR count). The molecule has 11 heteroatoms. The maximum Gasteiger partial charge on any atom is 0.417 e. The van der Waals surface area contributed by atoms with Crippen LogP contribution in [-0.2, 0) is 16.2 Å². The summed E-state index contributed by atoms with van der Waals surface area (Å²) in [6.07, 6.45) is -3.39. The molecular weight excluding hydrogens is 393 g/mol. The summed E-state index contributed by atoms with van der Waals surface area (Å²) in [5, 5.41) is 0. The van der Waals surface area contributed by atoms with E-state index in [0.717, 1.165) is 18.2 Å². The Kier molecular flexibility index (Phi) is 5.08. The molecule has 1 unspecified atom stereocenters. The van der Waals surface area contributed by atoms with E-state index < -0.39 is 44.3 Å². The summed E-state index contributed by atoms with van der Waals surface area (Å²) < 4.78 is 90.9. The number of halogens is 5. The Labute approximate surface area is 151 Å². The maximum atomic E-state index is 13.3. The molecule has 0 radical (unpaired) electrons. The minimum Gasteiger partial charge on any atom is -0.355 e. The lowest BCUT2D eigenvalue weighted by molar-refractivity contribution is -0.137. The highest BCUT2D eigenvalue weighted by atomic mass is 32.2. The Morgan fingerprint density at radius 1 is 1.11 bits per heavy atom. The molecule has 0 bridgehead atoms. The number of aromatic nitrogens is 1. The third-order valence-electron chi connectivity index (χ3n) is 4.11. The predicted octanol–water partition coefficient (Wildman–Crippen LogP) is 2.94. The monoisotopic (exact) mass is 407 g/mol. The van der Waals surface area contributed by atoms with Crippen LogP contribution >= 0.6 is 0 Å². The summed E-state index contributed by atoms with van der Waals surface area (Å²) in [6, 6.07) is 3.83. The molecule has 1 aliphatic heterocycles. The Balaban J connectivity index is 1.68. The van der Waals surface area contributed by atoms with Crippen molar-refractivity contribution in [2.45, 2.75) is 23.5 Å². The van der Waals surface area contributed by atoms with E-state index >= 15 is 0 Å². The molecule has 2 aromatic rings. The summed E-state index contributed by atoms with van der Waals surface area (Å²) in [5.41, 5.74) is -0.874. The van der Waals surface area contributed by atoms with Gasteiger partial charge in [0.25, 0.3) is 0 Å². The molecule has 2 heterocycles. The van der Waals surface area contributed by atoms with Gasteiger partial charge in [0, 0.05) is 25.3 Å². The fraction of sp³-hybridized carbons (Fsp3) is 0.312. The van der Waals surface area contributed by atoms with Gasteiger partial charge in [-0.25, -0.2) is 26.9 Å². The number of rotatable bonds is 4. The maximum absolute atomic E-state index is 13.3. The molecule has 1 atom stereocenters. The third-order valence-corrected chi connectivity index (χ3v) is 5.63. The topological polar surface area (TPSA) is 62.3 Å². The van der Waals surface area contributed by atoms with E-state index in [0.29, 0.717) is 25.2 Å². The molecule has 146 valence electrons. The van der Waals surface area contributed by atoms with Gasteiger partial charge >= 0.3 is 6.18 Å². The molecular formula is C16H14F5N3O2S. The van der Waals surface area contributed by atoms with Crippen LogP contribution in [0.3, 0.4) is 0 Å². The lowest BCUT2D eigenvalue weighted by Crippen LogP contribution is -2.37. The van der Waals surface area contributed by atoms with Gasteiger partial charge in [-0.2, -0.15) is 13.2 Å². The molecule has 1 aromatic carbocycles. The number of nitrogens with one attached hydrogen (secondary N) is 1. The number of anilines is 1. The molecule has 0 spiro atoms. The van der Waals surface area contributed by atoms with Crippen LogP contribution in [0.2, 0.25) is 0 Å². The number of nitrogens with zero attached hydrogens (tertiary/aromatic N) is 2. The standard InChI is InChI=1S/C16H14F5N3O2S/c17-13-3-2-12(7-14(13)18)27(25,26)23-11-5-6-24(9-11)15-4-1-10(8-22-15)16(19,20)21/h1-4,7-8,11,23H,5-6,9H2. The van der Waals surface area contributed by atoms with Crippen LogP contribution in [0.4, 0.5) is 27.8 Å². The molecule has 0 aliphatic carbocycles. The van der Waals surface area contributed by atoms with E-state index in [-0.39, 0.29) is 12.4 Å². The first-order valence-electron chi connectivity index (χ1n) is 7.82. The van der Waals surface area contributed by atoms with Crippen LogP contribution in [0.25, 0.3) is 0 Å². The summed E-state index contributed by atoms with van der Waals surface area (Å²) in [4.78, 5) is 5.00. The van der Waals surface area contributed by atoms with Crippen LogP contribution in [0.1, 0.15) is 12.0 Å². The highest BCUT2D eigenvalue weighted by Crippen LogP contribution is 2.30. The summed E-state index contributed by atoms with van der Waals surface area (Å²) in [6.45, 7) is 0.560. The average molecular weight is 407 g/mol. The first-order chi connectivity index (χ1) is 12.6. The number of hydrogen-bond donors (Lipinski definition) is 1. The van der Waals surface area contributed by atoms with Gasteiger partial charge in [-0.3, -0.25) is 0 Å². The Morgan fingerprint density at radius 2 is 1.85 bits per heavy atom. The average Bonchev–Trinajstić information content (AvgIpc) is 3.04. The van der Waals surface area contributed by atoms with E-state index in [1.807, 2.05) is 0 Å². The van der Waals surface area contributed by atoms with E-state index in [4.69, 9.17) is 0 Å². The van der Waals surface area contributed by atoms with E-state index in [2.05, 4.69) is 9.71 Å². The normalized spacial score (nSPS) is 18.1. The van der Waals surface area contributed by atoms with E-state index in [9.17, 15) is 30.4 Å². The third kappa shape index (κ3) is 4.35. The smallest absolute Gasteiger partial charge is 0.355 e. The minimum atomic E-state index is -4.49. The van der Waals surface area contributed by atoms with Gasteiger partial charge in [-0.05, 0) is 36.8 Å². The second-order valence-electron chi connectivity index (χ2n) is 6.03. The van der Waals surface area contributed by atoms with E-state index in [1.165, 1.54) is 6.07 Å². The van der Waals surface area contributed by atoms with Crippen molar-refractivity contribution in [3.05, 3.63) is 53.7 Å². The second kappa shape index (κ2) is 7.04. The van der Waals surface area contributed by atoms with Gasteiger partial charge < -0.3 is 4.90 Å². The number of pyridine rings is 1. The molecule has 27 heavy (non-hydrogen) atoms. The fourth-order valence-electron chi connectivity index (χ4n) is 2.74. The van der Waals surface area contributed by atoms with Crippen molar-refractivity contribution in [3.8, 4) is 0 Å². The van der Waals surface area contributed by atoms with Crippen molar-refractivity contribution in [2.24, 2.45) is 0 Å². The van der Waals surface area contributed by atoms with Crippen LogP contribution in [0, 0.1) is 11.6 Å². The fourth-order valence-corrected chi connectivity index (χ4v) is 4.01. The molecule has 1 saturated heterocycles. The van der Waals surface area contributed by atoms with Gasteiger partial charge in [0.15, 0.2) is 11.6 Å². The zero-order valence-electron chi connectivity index (χ0n) is 13.7. The molecule has 1 fully saturated rings. The Morgan fingerprint density at radius 3 is 2.44 bits per heavy atom. The van der Waals surface area contributed by atoms with Crippen LogP contribution in [0.15, 0.2) is 41.4 Å². The summed E-state index contributed by atoms with van der Waals surface area (Å²) in [5.74, 6) is -2.15. The number of hydrogen-bond acceptors (Lipinski definition) is 4. The number of alkyl halides is 3. The zero-order valence-corrected chi connectivity index (χ0v) is 14.5. The van der Waals surface area contributed by atoms with Crippen LogP contribution in [0.5, 0.6) is 0 Å². The van der Waals surface area contributed by atoms with Crippen molar-refractivity contribution < 1.29 is 30.4 Å². The van der Waals surface area contributed by atoms with E-state index in [1.54, 1.807) is 4.90 Å². The highest BCUT2D eigenvalue weighted by molar-refractivity contribution is 7.89. The van der Waals surface area contributed by atoms with Crippen molar-refractivity contribution in [1.82, 2.24) is 9.71 Å². The second-order valence-corrected chi connectivity index (χ2v) is 7.75. The molecule has 1 N–H and O–H groups in total. The minimum absolute atomic E-state index is 0.182. The van der Waals surface area contributed by atoms with Crippen LogP contribution < -0.4 is 9.62 Å². The Bertz CT molecular complexity index is 932. The number of sulfonamides is 1. The van der Waals surface area contributed by atoms with Crippen molar-refractivity contribution in [1.29, 1.82) is 0 Å². The molecule has 0 amide bonds. The Hall–Kier alpha value is -2.27. The van der Waals surface area contributed by atoms with Crippen LogP contribution in [-0.4, -0.2) is 32.5 Å². The molecule has 5 nitrogen and oxygen atoms in total. The van der Waals surface area contributed by atoms with Crippen molar-refractivity contribution in [3.63, 3.8) is 0 Å². The molecule has 0 saturated carbocycles. The van der Waals surface area contributed by atoms with Gasteiger partial charge in [0.1, 0.15) is 5.82 Å². The van der Waals surface area contributed by atoms with Crippen molar-refractivity contribution >= 4 is 15.8 Å². The zero-order chi connectivity index (χ0) is 19.8. The first kappa shape index (κ1) is 19.5. The number of benzene rings is 1. The van der Waals surface area contributed by atoms with Gasteiger partial charge in [-0.1, -0.05) is 0 Å². The largest absolute Gasteiger partial charge is 0.417 e. The summed E-state index contributed by atoms with van der Waals surface area (Å²) in [7, 11) is -4.07. The predicted molar refractivity (Wildman–Crippen MR) is 86.5 cm³/mol. The molecule has 1 aromatic heterocycles. The lowest BCUT2D eigenvalue weighted by Gasteiger charge is -2.18. The van der Waals surface area contributed by atoms with Gasteiger partial charge in [-0.15, -0.1) is 0 Å². The van der Waals surface area contributed by atoms with Gasteiger partial charge in [0.05, 0.1) is 10.5 Å². The SMILES string of the molecule is O=S(=O)(NC1CCN(c2ccc(C(F)(F)F)cn2)C1)c1ccc(F)c(F)c1. The van der Waals surface area contributed by atoms with Gasteiger partial charge in [0.2, 0.25) is 10.0 Å². The molecule has 1 aliphatic rings. The quantitative estimate of drug-likeness (QED) is 0.792. The highest BCUT2D eigenvalue weighted by Gasteiger charge is 2.32.